The first-order valence-corrected chi connectivity index (χ1v) is 5.88. The van der Waals surface area contributed by atoms with Gasteiger partial charge in [0.1, 0.15) is 0 Å². The Kier molecular flexibility index (Phi) is 3.90. The third-order valence-corrected chi connectivity index (χ3v) is 3.02. The molecule has 5 heteroatoms. The molecular formula is C11H19N3O2. The van der Waals surface area contributed by atoms with Gasteiger partial charge in [-0.1, -0.05) is 5.16 Å². The molecule has 1 N–H and O–H groups in total. The fraction of sp³-hybridized carbons (Fsp3) is 0.818. The molecule has 1 aromatic rings. The molecule has 16 heavy (non-hydrogen) atoms. The average Bonchev–Trinajstić information content (AvgIpc) is 2.95. The van der Waals surface area contributed by atoms with Gasteiger partial charge < -0.3 is 14.6 Å². The Morgan fingerprint density at radius 2 is 2.50 bits per heavy atom. The van der Waals surface area contributed by atoms with Gasteiger partial charge in [0.15, 0.2) is 5.82 Å². The SMILES string of the molecule is COC(C)CCc1nc(C2CCCN2)no1. The molecule has 2 unspecified atom stereocenters. The number of methoxy groups -OCH3 is 1. The van der Waals surface area contributed by atoms with Crippen molar-refractivity contribution in [1.29, 1.82) is 0 Å². The van der Waals surface area contributed by atoms with Gasteiger partial charge in [-0.05, 0) is 32.7 Å². The lowest BCUT2D eigenvalue weighted by molar-refractivity contribution is 0.109. The molecule has 2 rings (SSSR count). The lowest BCUT2D eigenvalue weighted by atomic mass is 10.2. The molecular weight excluding hydrogens is 206 g/mol. The Balaban J connectivity index is 1.86. The highest BCUT2D eigenvalue weighted by Crippen LogP contribution is 2.20. The molecule has 0 bridgehead atoms. The van der Waals surface area contributed by atoms with Gasteiger partial charge in [-0.3, -0.25) is 0 Å². The molecule has 1 aromatic heterocycles. The summed E-state index contributed by atoms with van der Waals surface area (Å²) in [7, 11) is 1.71. The minimum absolute atomic E-state index is 0.236. The van der Waals surface area contributed by atoms with E-state index in [-0.39, 0.29) is 12.1 Å². The molecule has 0 aliphatic carbocycles. The number of hydrogen-bond donors (Lipinski definition) is 1. The topological polar surface area (TPSA) is 60.2 Å². The summed E-state index contributed by atoms with van der Waals surface area (Å²) in [5.41, 5.74) is 0. The van der Waals surface area contributed by atoms with Crippen LogP contribution in [0.4, 0.5) is 0 Å². The van der Waals surface area contributed by atoms with E-state index in [4.69, 9.17) is 9.26 Å². The van der Waals surface area contributed by atoms with Crippen LogP contribution in [0.2, 0.25) is 0 Å². The van der Waals surface area contributed by atoms with E-state index in [2.05, 4.69) is 15.5 Å². The molecule has 1 fully saturated rings. The molecule has 2 heterocycles. The molecule has 0 amide bonds. The first-order valence-electron chi connectivity index (χ1n) is 5.88. The molecule has 90 valence electrons. The van der Waals surface area contributed by atoms with Gasteiger partial charge >= 0.3 is 0 Å². The number of hydrogen-bond acceptors (Lipinski definition) is 5. The normalized spacial score (nSPS) is 22.5. The van der Waals surface area contributed by atoms with Crippen LogP contribution in [-0.4, -0.2) is 29.9 Å². The lowest BCUT2D eigenvalue weighted by Crippen LogP contribution is -2.14. The molecule has 1 saturated heterocycles. The van der Waals surface area contributed by atoms with Crippen LogP contribution in [0.1, 0.15) is 43.9 Å². The van der Waals surface area contributed by atoms with Crippen LogP contribution < -0.4 is 5.32 Å². The zero-order chi connectivity index (χ0) is 11.4. The molecule has 0 radical (unpaired) electrons. The number of nitrogens with zero attached hydrogens (tertiary/aromatic N) is 2. The fourth-order valence-corrected chi connectivity index (χ4v) is 1.86. The summed E-state index contributed by atoms with van der Waals surface area (Å²) in [5, 5.41) is 7.37. The fourth-order valence-electron chi connectivity index (χ4n) is 1.86. The third-order valence-electron chi connectivity index (χ3n) is 3.02. The lowest BCUT2D eigenvalue weighted by Gasteiger charge is -2.05. The summed E-state index contributed by atoms with van der Waals surface area (Å²) in [5.74, 6) is 1.52. The van der Waals surface area contributed by atoms with Crippen molar-refractivity contribution in [1.82, 2.24) is 15.5 Å². The maximum Gasteiger partial charge on any atom is 0.226 e. The van der Waals surface area contributed by atoms with E-state index in [0.717, 1.165) is 31.6 Å². The van der Waals surface area contributed by atoms with E-state index in [1.54, 1.807) is 7.11 Å². The predicted octanol–water partition coefficient (Wildman–Crippen LogP) is 1.46. The minimum atomic E-state index is 0.236. The Hall–Kier alpha value is -0.940. The van der Waals surface area contributed by atoms with E-state index in [1.807, 2.05) is 6.92 Å². The molecule has 5 nitrogen and oxygen atoms in total. The van der Waals surface area contributed by atoms with Gasteiger partial charge in [0.05, 0.1) is 12.1 Å². The zero-order valence-electron chi connectivity index (χ0n) is 9.90. The van der Waals surface area contributed by atoms with Crippen molar-refractivity contribution in [3.8, 4) is 0 Å². The quantitative estimate of drug-likeness (QED) is 0.822. The van der Waals surface area contributed by atoms with Crippen molar-refractivity contribution in [2.24, 2.45) is 0 Å². The largest absolute Gasteiger partial charge is 0.382 e. The van der Waals surface area contributed by atoms with Crippen LogP contribution in [0.25, 0.3) is 0 Å². The van der Waals surface area contributed by atoms with Crippen LogP contribution >= 0.6 is 0 Å². The van der Waals surface area contributed by atoms with Gasteiger partial charge in [-0.25, -0.2) is 0 Å². The monoisotopic (exact) mass is 225 g/mol. The smallest absolute Gasteiger partial charge is 0.226 e. The van der Waals surface area contributed by atoms with Crippen LogP contribution in [0.3, 0.4) is 0 Å². The summed E-state index contributed by atoms with van der Waals surface area (Å²) in [6.07, 6.45) is 4.23. The standard InChI is InChI=1S/C11H19N3O2/c1-8(15-2)5-6-10-13-11(14-16-10)9-4-3-7-12-9/h8-9,12H,3-7H2,1-2H3. The van der Waals surface area contributed by atoms with Crippen LogP contribution in [0.5, 0.6) is 0 Å². The van der Waals surface area contributed by atoms with Gasteiger partial charge in [-0.2, -0.15) is 4.98 Å². The van der Waals surface area contributed by atoms with Crippen LogP contribution in [0, 0.1) is 0 Å². The second kappa shape index (κ2) is 5.41. The van der Waals surface area contributed by atoms with Crippen molar-refractivity contribution in [2.45, 2.75) is 44.8 Å². The third kappa shape index (κ3) is 2.80. The number of aromatic nitrogens is 2. The molecule has 0 aromatic carbocycles. The predicted molar refractivity (Wildman–Crippen MR) is 59.1 cm³/mol. The van der Waals surface area contributed by atoms with E-state index in [1.165, 1.54) is 6.42 Å². The van der Waals surface area contributed by atoms with Gasteiger partial charge in [0.25, 0.3) is 0 Å². The summed E-state index contributed by atoms with van der Waals surface area (Å²) in [4.78, 5) is 4.40. The van der Waals surface area contributed by atoms with E-state index in [9.17, 15) is 0 Å². The summed E-state index contributed by atoms with van der Waals surface area (Å²) >= 11 is 0. The van der Waals surface area contributed by atoms with E-state index in [0.29, 0.717) is 5.89 Å². The van der Waals surface area contributed by atoms with Crippen molar-refractivity contribution in [2.75, 3.05) is 13.7 Å². The second-order valence-corrected chi connectivity index (χ2v) is 4.28. The molecule has 0 spiro atoms. The summed E-state index contributed by atoms with van der Waals surface area (Å²) < 4.78 is 10.4. The van der Waals surface area contributed by atoms with E-state index >= 15 is 0 Å². The van der Waals surface area contributed by atoms with Crippen molar-refractivity contribution in [3.05, 3.63) is 11.7 Å². The van der Waals surface area contributed by atoms with Crippen LogP contribution in [0.15, 0.2) is 4.52 Å². The summed E-state index contributed by atoms with van der Waals surface area (Å²) in [6.45, 7) is 3.09. The number of aryl methyl sites for hydroxylation is 1. The second-order valence-electron chi connectivity index (χ2n) is 4.28. The van der Waals surface area contributed by atoms with Gasteiger partial charge in [-0.15, -0.1) is 0 Å². The molecule has 2 atom stereocenters. The van der Waals surface area contributed by atoms with Crippen LogP contribution in [-0.2, 0) is 11.2 Å². The van der Waals surface area contributed by atoms with E-state index < -0.39 is 0 Å². The Labute approximate surface area is 95.6 Å². The maximum absolute atomic E-state index is 5.22. The van der Waals surface area contributed by atoms with Crippen molar-refractivity contribution >= 4 is 0 Å². The first-order chi connectivity index (χ1) is 7.79. The highest BCUT2D eigenvalue weighted by atomic mass is 16.5. The number of ether oxygens (including phenoxy) is 1. The van der Waals surface area contributed by atoms with Crippen molar-refractivity contribution in [3.63, 3.8) is 0 Å². The number of nitrogens with one attached hydrogen (secondary N) is 1. The number of rotatable bonds is 5. The molecule has 0 saturated carbocycles. The Morgan fingerprint density at radius 3 is 3.19 bits per heavy atom. The highest BCUT2D eigenvalue weighted by molar-refractivity contribution is 4.96. The minimum Gasteiger partial charge on any atom is -0.382 e. The first kappa shape index (κ1) is 11.5. The summed E-state index contributed by atoms with van der Waals surface area (Å²) in [6, 6.07) is 0.289. The van der Waals surface area contributed by atoms with Crippen molar-refractivity contribution < 1.29 is 9.26 Å². The average molecular weight is 225 g/mol. The molecule has 1 aliphatic rings. The Bertz CT molecular complexity index is 321. The van der Waals surface area contributed by atoms with Gasteiger partial charge in [0, 0.05) is 13.5 Å². The highest BCUT2D eigenvalue weighted by Gasteiger charge is 2.21. The van der Waals surface area contributed by atoms with Gasteiger partial charge in [0.2, 0.25) is 5.89 Å². The Morgan fingerprint density at radius 1 is 1.62 bits per heavy atom. The zero-order valence-corrected chi connectivity index (χ0v) is 9.90. The maximum atomic E-state index is 5.22. The molecule has 1 aliphatic heterocycles.